The fraction of sp³-hybridized carbons (Fsp3) is 0.167. The average Bonchev–Trinajstić information content (AvgIpc) is 3.12. The van der Waals surface area contributed by atoms with Crippen molar-refractivity contribution in [2.75, 3.05) is 13.1 Å². The lowest BCUT2D eigenvalue weighted by molar-refractivity contribution is 0.0952. The van der Waals surface area contributed by atoms with Gasteiger partial charge in [-0.2, -0.15) is 0 Å². The van der Waals surface area contributed by atoms with Gasteiger partial charge in [-0.1, -0.05) is 30.3 Å². The van der Waals surface area contributed by atoms with Crippen molar-refractivity contribution in [3.05, 3.63) is 66.0 Å². The van der Waals surface area contributed by atoms with E-state index < -0.39 is 6.09 Å². The molecule has 0 spiro atoms. The summed E-state index contributed by atoms with van der Waals surface area (Å²) in [6, 6.07) is 14.6. The summed E-state index contributed by atoms with van der Waals surface area (Å²) in [5, 5.41) is 5.33. The monoisotopic (exact) mass is 338 g/mol. The molecule has 0 fully saturated rings. The number of aromatic nitrogens is 2. The molecule has 0 atom stereocenters. The van der Waals surface area contributed by atoms with E-state index in [9.17, 15) is 9.59 Å². The zero-order chi connectivity index (χ0) is 17.5. The van der Waals surface area contributed by atoms with Crippen molar-refractivity contribution in [2.24, 2.45) is 0 Å². The number of ether oxygens (including phenoxy) is 1. The van der Waals surface area contributed by atoms with E-state index in [1.165, 1.54) is 0 Å². The minimum absolute atomic E-state index is 0.212. The second-order valence-electron chi connectivity index (χ2n) is 5.38. The topological polar surface area (TPSA) is 96.1 Å². The number of carbonyl (C=O) groups is 2. The molecule has 1 aromatic heterocycles. The Morgan fingerprint density at radius 1 is 1.04 bits per heavy atom. The molecule has 25 heavy (non-hydrogen) atoms. The van der Waals surface area contributed by atoms with Gasteiger partial charge < -0.3 is 20.4 Å². The summed E-state index contributed by atoms with van der Waals surface area (Å²) in [4.78, 5) is 30.7. The highest BCUT2D eigenvalue weighted by atomic mass is 16.5. The van der Waals surface area contributed by atoms with E-state index in [1.807, 2.05) is 30.3 Å². The zero-order valence-corrected chi connectivity index (χ0v) is 13.5. The average molecular weight is 338 g/mol. The number of fused-ring (bicyclic) bond motifs is 1. The summed E-state index contributed by atoms with van der Waals surface area (Å²) in [6.45, 7) is 0.801. The number of amides is 2. The predicted molar refractivity (Wildman–Crippen MR) is 93.1 cm³/mol. The molecule has 3 aromatic rings. The molecule has 0 radical (unpaired) electrons. The van der Waals surface area contributed by atoms with Crippen molar-refractivity contribution in [3.63, 3.8) is 0 Å². The smallest absolute Gasteiger partial charge is 0.407 e. The molecule has 0 aliphatic rings. The maximum absolute atomic E-state index is 12.1. The van der Waals surface area contributed by atoms with Gasteiger partial charge in [-0.25, -0.2) is 9.78 Å². The van der Waals surface area contributed by atoms with Crippen molar-refractivity contribution in [1.29, 1.82) is 0 Å². The van der Waals surface area contributed by atoms with Gasteiger partial charge in [-0.05, 0) is 23.8 Å². The number of hydrogen-bond donors (Lipinski definition) is 3. The summed E-state index contributed by atoms with van der Waals surface area (Å²) < 4.78 is 5.09. The second kappa shape index (κ2) is 7.96. The van der Waals surface area contributed by atoms with Gasteiger partial charge in [0.15, 0.2) is 0 Å². The molecule has 2 amide bonds. The molecule has 2 aromatic carbocycles. The normalized spacial score (nSPS) is 10.4. The summed E-state index contributed by atoms with van der Waals surface area (Å²) in [5.74, 6) is -0.212. The summed E-state index contributed by atoms with van der Waals surface area (Å²) in [6.07, 6.45) is 1.06. The van der Waals surface area contributed by atoms with Crippen molar-refractivity contribution in [1.82, 2.24) is 20.6 Å². The van der Waals surface area contributed by atoms with Gasteiger partial charge in [-0.15, -0.1) is 0 Å². The maximum atomic E-state index is 12.1. The first-order valence-electron chi connectivity index (χ1n) is 7.88. The molecule has 0 bridgehead atoms. The number of aromatic amines is 1. The molecular formula is C18H18N4O3. The van der Waals surface area contributed by atoms with E-state index in [0.717, 1.165) is 16.6 Å². The van der Waals surface area contributed by atoms with Crippen LogP contribution in [0.5, 0.6) is 0 Å². The number of imidazole rings is 1. The van der Waals surface area contributed by atoms with Gasteiger partial charge >= 0.3 is 6.09 Å². The number of benzene rings is 2. The van der Waals surface area contributed by atoms with Crippen molar-refractivity contribution >= 4 is 23.0 Å². The van der Waals surface area contributed by atoms with Crippen LogP contribution in [0, 0.1) is 0 Å². The van der Waals surface area contributed by atoms with Gasteiger partial charge in [0.05, 0.1) is 17.4 Å². The minimum atomic E-state index is -0.517. The van der Waals surface area contributed by atoms with E-state index in [4.69, 9.17) is 4.74 Å². The fourth-order valence-electron chi connectivity index (χ4n) is 2.29. The van der Waals surface area contributed by atoms with Crippen LogP contribution < -0.4 is 10.6 Å². The Balaban J connectivity index is 1.37. The number of alkyl carbamates (subject to hydrolysis) is 1. The number of nitrogens with zero attached hydrogens (tertiary/aromatic N) is 1. The highest BCUT2D eigenvalue weighted by Crippen LogP contribution is 2.11. The van der Waals surface area contributed by atoms with E-state index in [-0.39, 0.29) is 19.1 Å². The van der Waals surface area contributed by atoms with Crippen LogP contribution >= 0.6 is 0 Å². The van der Waals surface area contributed by atoms with Crippen molar-refractivity contribution < 1.29 is 14.3 Å². The highest BCUT2D eigenvalue weighted by Gasteiger charge is 2.07. The lowest BCUT2D eigenvalue weighted by atomic mass is 10.2. The lowest BCUT2D eigenvalue weighted by Crippen LogP contribution is -2.34. The van der Waals surface area contributed by atoms with Crippen LogP contribution in [0.3, 0.4) is 0 Å². The maximum Gasteiger partial charge on any atom is 0.407 e. The molecule has 0 saturated heterocycles. The molecular weight excluding hydrogens is 320 g/mol. The van der Waals surface area contributed by atoms with E-state index >= 15 is 0 Å². The zero-order valence-electron chi connectivity index (χ0n) is 13.5. The van der Waals surface area contributed by atoms with Gasteiger partial charge in [0.2, 0.25) is 0 Å². The van der Waals surface area contributed by atoms with Crippen LogP contribution in [0.15, 0.2) is 54.9 Å². The first-order chi connectivity index (χ1) is 12.2. The molecule has 7 nitrogen and oxygen atoms in total. The first-order valence-corrected chi connectivity index (χ1v) is 7.88. The summed E-state index contributed by atoms with van der Waals surface area (Å²) in [5.41, 5.74) is 3.05. The standard InChI is InChI=1S/C18H18N4O3/c23-17(14-6-7-15-16(10-14)22-12-21-15)19-8-9-20-18(24)25-11-13-4-2-1-3-5-13/h1-7,10,12H,8-9,11H2,(H,19,23)(H,20,24)(H,21,22). The van der Waals surface area contributed by atoms with Crippen LogP contribution in [0.25, 0.3) is 11.0 Å². The number of nitrogens with one attached hydrogen (secondary N) is 3. The Morgan fingerprint density at radius 2 is 1.84 bits per heavy atom. The molecule has 0 unspecified atom stereocenters. The number of carbonyl (C=O) groups excluding carboxylic acids is 2. The highest BCUT2D eigenvalue weighted by molar-refractivity contribution is 5.97. The molecule has 7 heteroatoms. The minimum Gasteiger partial charge on any atom is -0.445 e. The largest absolute Gasteiger partial charge is 0.445 e. The van der Waals surface area contributed by atoms with Crippen LogP contribution in [0.2, 0.25) is 0 Å². The predicted octanol–water partition coefficient (Wildman–Crippen LogP) is 2.22. The molecule has 128 valence electrons. The fourth-order valence-corrected chi connectivity index (χ4v) is 2.29. The summed E-state index contributed by atoms with van der Waals surface area (Å²) >= 11 is 0. The van der Waals surface area contributed by atoms with Gasteiger partial charge in [0.1, 0.15) is 6.61 Å². The quantitative estimate of drug-likeness (QED) is 0.601. The molecule has 1 heterocycles. The Morgan fingerprint density at radius 3 is 2.68 bits per heavy atom. The number of hydrogen-bond acceptors (Lipinski definition) is 4. The van der Waals surface area contributed by atoms with E-state index in [2.05, 4.69) is 20.6 Å². The number of H-pyrrole nitrogens is 1. The molecule has 3 rings (SSSR count). The SMILES string of the molecule is O=C(NCCNC(=O)c1ccc2nc[nH]c2c1)OCc1ccccc1. The van der Waals surface area contributed by atoms with Gasteiger partial charge in [0.25, 0.3) is 5.91 Å². The third-order valence-corrected chi connectivity index (χ3v) is 3.58. The van der Waals surface area contributed by atoms with Crippen molar-refractivity contribution in [3.8, 4) is 0 Å². The molecule has 3 N–H and O–H groups in total. The van der Waals surface area contributed by atoms with Gasteiger partial charge in [0, 0.05) is 18.7 Å². The molecule has 0 aliphatic carbocycles. The van der Waals surface area contributed by atoms with Crippen LogP contribution in [-0.4, -0.2) is 35.1 Å². The third kappa shape index (κ3) is 4.57. The first kappa shape index (κ1) is 16.5. The second-order valence-corrected chi connectivity index (χ2v) is 5.38. The Labute approximate surface area is 144 Å². The molecule has 0 aliphatic heterocycles. The van der Waals surface area contributed by atoms with Crippen LogP contribution in [0.1, 0.15) is 15.9 Å². The van der Waals surface area contributed by atoms with E-state index in [0.29, 0.717) is 12.1 Å². The number of rotatable bonds is 6. The third-order valence-electron chi connectivity index (χ3n) is 3.58. The van der Waals surface area contributed by atoms with Crippen molar-refractivity contribution in [2.45, 2.75) is 6.61 Å². The van der Waals surface area contributed by atoms with E-state index in [1.54, 1.807) is 24.5 Å². The molecule has 0 saturated carbocycles. The Hall–Kier alpha value is -3.35. The van der Waals surface area contributed by atoms with Gasteiger partial charge in [-0.3, -0.25) is 4.79 Å². The Bertz CT molecular complexity index is 861. The Kier molecular flexibility index (Phi) is 5.26. The van der Waals surface area contributed by atoms with Crippen LogP contribution in [0.4, 0.5) is 4.79 Å². The summed E-state index contributed by atoms with van der Waals surface area (Å²) in [7, 11) is 0. The lowest BCUT2D eigenvalue weighted by Gasteiger charge is -2.08. The van der Waals surface area contributed by atoms with Crippen LogP contribution in [-0.2, 0) is 11.3 Å².